The fourth-order valence-electron chi connectivity index (χ4n) is 5.46. The lowest BCUT2D eigenvalue weighted by Crippen LogP contribution is -2.26. The molecule has 0 saturated heterocycles. The standard InChI is InChI=1S/C14H15FN2O2.C13H12N2O2.C12H14N2O2S.C11H10N2O2S/c1-9(2)8-16-14(18)13-7-12(17-19-13)10-3-5-11(15)6-4-10;1-2-8-14-13(16)11-9-12(17-15-11)10-6-4-3-5-7-10;1-2-3-6-13-12(15)9-8-10(16-14-9)11-5-4-7-17-11;1-2-5-12-11(14)8-7-9(15-13-8)10-4-3-6-16-10/h3-7,9H,8H2,1-2H3,(H,16,18);2-7,9H,1,8H2,(H,14,16);4-5,7-8H,2-3,6H2,1H3,(H,13,15);2-4,6-7H,1,5H2,(H,12,14). The zero-order valence-corrected chi connectivity index (χ0v) is 39.7. The van der Waals surface area contributed by atoms with Gasteiger partial charge in [0.05, 0.1) is 9.75 Å². The van der Waals surface area contributed by atoms with Crippen LogP contribution in [-0.4, -0.2) is 70.4 Å². The number of rotatable bonds is 17. The average Bonchev–Trinajstić information content (AvgIpc) is 4.22. The SMILES string of the molecule is C=CCNC(=O)c1cc(-c2ccccc2)on1.C=CCNC(=O)c1cc(-c2cccs2)on1.CC(C)CNC(=O)c1cc(-c2ccc(F)cc2)no1.CCCCNC(=O)c1cc(-c2cccs2)on1. The van der Waals surface area contributed by atoms with Crippen molar-refractivity contribution in [2.45, 2.75) is 33.6 Å². The van der Waals surface area contributed by atoms with Gasteiger partial charge in [0.2, 0.25) is 5.76 Å². The number of hydrogen-bond acceptors (Lipinski definition) is 14. The fourth-order valence-corrected chi connectivity index (χ4v) is 6.80. The Morgan fingerprint density at radius 2 is 1.13 bits per heavy atom. The van der Waals surface area contributed by atoms with Crippen LogP contribution >= 0.6 is 22.7 Å². The van der Waals surface area contributed by atoms with E-state index in [1.165, 1.54) is 23.5 Å². The Balaban J connectivity index is 0.000000172. The van der Waals surface area contributed by atoms with Crippen LogP contribution in [0.5, 0.6) is 0 Å². The molecule has 0 saturated carbocycles. The van der Waals surface area contributed by atoms with Crippen molar-refractivity contribution in [1.82, 2.24) is 41.9 Å². The molecule has 8 aromatic rings. The van der Waals surface area contributed by atoms with E-state index in [1.54, 1.807) is 59.9 Å². The summed E-state index contributed by atoms with van der Waals surface area (Å²) in [4.78, 5) is 48.4. The summed E-state index contributed by atoms with van der Waals surface area (Å²) in [7, 11) is 0. The van der Waals surface area contributed by atoms with E-state index in [9.17, 15) is 23.6 Å². The van der Waals surface area contributed by atoms with Crippen molar-refractivity contribution in [2.75, 3.05) is 26.2 Å². The Kier molecular flexibility index (Phi) is 20.8. The number of benzene rings is 2. The molecule has 358 valence electrons. The summed E-state index contributed by atoms with van der Waals surface area (Å²) in [6.45, 7) is 15.2. The quantitative estimate of drug-likeness (QED) is 0.0495. The Labute approximate surface area is 405 Å². The van der Waals surface area contributed by atoms with Gasteiger partial charge < -0.3 is 39.4 Å². The second-order valence-corrected chi connectivity index (χ2v) is 16.7. The molecule has 4 amide bonds. The lowest BCUT2D eigenvalue weighted by Gasteiger charge is -2.04. The second-order valence-electron chi connectivity index (χ2n) is 14.8. The Hall–Kier alpha value is -8.03. The van der Waals surface area contributed by atoms with Crippen LogP contribution < -0.4 is 21.3 Å². The van der Waals surface area contributed by atoms with Gasteiger partial charge in [0, 0.05) is 61.6 Å². The highest BCUT2D eigenvalue weighted by molar-refractivity contribution is 7.13. The van der Waals surface area contributed by atoms with Crippen LogP contribution in [0.25, 0.3) is 43.9 Å². The van der Waals surface area contributed by atoms with Crippen molar-refractivity contribution in [2.24, 2.45) is 5.92 Å². The third kappa shape index (κ3) is 16.7. The van der Waals surface area contributed by atoms with Crippen LogP contribution in [0, 0.1) is 11.7 Å². The van der Waals surface area contributed by atoms with E-state index in [1.807, 2.05) is 79.2 Å². The molecule has 6 aromatic heterocycles. The predicted molar refractivity (Wildman–Crippen MR) is 263 cm³/mol. The number of carbonyl (C=O) groups excluding carboxylic acids is 4. The highest BCUT2D eigenvalue weighted by Gasteiger charge is 2.17. The topological polar surface area (TPSA) is 221 Å². The van der Waals surface area contributed by atoms with Gasteiger partial charge in [-0.1, -0.05) is 102 Å². The first-order valence-corrected chi connectivity index (χ1v) is 23.4. The first-order chi connectivity index (χ1) is 33.5. The summed E-state index contributed by atoms with van der Waals surface area (Å²) < 4.78 is 33.1. The van der Waals surface area contributed by atoms with E-state index in [4.69, 9.17) is 18.1 Å². The first kappa shape index (κ1) is 51.9. The first-order valence-electron chi connectivity index (χ1n) is 21.6. The van der Waals surface area contributed by atoms with E-state index in [-0.39, 0.29) is 46.6 Å². The van der Waals surface area contributed by atoms with E-state index in [0.717, 1.165) is 28.2 Å². The molecule has 0 spiro atoms. The molecule has 6 heterocycles. The van der Waals surface area contributed by atoms with E-state index in [2.05, 4.69) is 62.0 Å². The number of carbonyl (C=O) groups is 4. The average molecular weight is 975 g/mol. The molecule has 0 atom stereocenters. The fraction of sp³-hybridized carbons (Fsp3) is 0.200. The van der Waals surface area contributed by atoms with Crippen molar-refractivity contribution in [3.05, 3.63) is 168 Å². The molecule has 4 N–H and O–H groups in total. The molecule has 0 unspecified atom stereocenters. The molecule has 0 aliphatic rings. The van der Waals surface area contributed by atoms with Crippen LogP contribution in [0.4, 0.5) is 4.39 Å². The Morgan fingerprint density at radius 3 is 1.62 bits per heavy atom. The summed E-state index contributed by atoms with van der Waals surface area (Å²) in [6.07, 6.45) is 5.25. The number of amides is 4. The summed E-state index contributed by atoms with van der Waals surface area (Å²) in [5.41, 5.74) is 2.99. The highest BCUT2D eigenvalue weighted by Crippen LogP contribution is 2.26. The maximum absolute atomic E-state index is 12.8. The third-order valence-corrected chi connectivity index (χ3v) is 10.8. The van der Waals surface area contributed by atoms with Crippen LogP contribution in [0.3, 0.4) is 0 Å². The minimum absolute atomic E-state index is 0.153. The van der Waals surface area contributed by atoms with Gasteiger partial charge in [0.25, 0.3) is 23.6 Å². The van der Waals surface area contributed by atoms with Gasteiger partial charge >= 0.3 is 0 Å². The minimum Gasteiger partial charge on any atom is -0.355 e. The van der Waals surface area contributed by atoms with Crippen LogP contribution in [-0.2, 0) is 0 Å². The molecule has 69 heavy (non-hydrogen) atoms. The lowest BCUT2D eigenvalue weighted by atomic mass is 10.1. The van der Waals surface area contributed by atoms with Gasteiger partial charge in [-0.15, -0.1) is 35.8 Å². The van der Waals surface area contributed by atoms with Crippen LogP contribution in [0.15, 0.2) is 157 Å². The summed E-state index contributed by atoms with van der Waals surface area (Å²) in [6, 6.07) is 29.5. The molecule has 0 aliphatic carbocycles. The number of unbranched alkanes of at least 4 members (excludes halogenated alkanes) is 1. The largest absolute Gasteiger partial charge is 0.355 e. The Morgan fingerprint density at radius 1 is 0.609 bits per heavy atom. The number of thiophene rings is 2. The molecule has 0 bridgehead atoms. The summed E-state index contributed by atoms with van der Waals surface area (Å²) >= 11 is 3.09. The van der Waals surface area contributed by atoms with E-state index < -0.39 is 0 Å². The number of aromatic nitrogens is 4. The van der Waals surface area contributed by atoms with E-state index in [0.29, 0.717) is 66.3 Å². The normalized spacial score (nSPS) is 10.3. The molecule has 19 heteroatoms. The van der Waals surface area contributed by atoms with Gasteiger partial charge in [-0.25, -0.2) is 4.39 Å². The number of halogens is 1. The molecule has 0 radical (unpaired) electrons. The summed E-state index contributed by atoms with van der Waals surface area (Å²) in [5.74, 6) is 1.03. The summed E-state index contributed by atoms with van der Waals surface area (Å²) in [5, 5.41) is 29.7. The van der Waals surface area contributed by atoms with Crippen molar-refractivity contribution in [3.8, 4) is 43.9 Å². The maximum Gasteiger partial charge on any atom is 0.289 e. The lowest BCUT2D eigenvalue weighted by molar-refractivity contribution is 0.0909. The van der Waals surface area contributed by atoms with Crippen LogP contribution in [0.1, 0.15) is 75.6 Å². The van der Waals surface area contributed by atoms with Gasteiger partial charge in [-0.3, -0.25) is 19.2 Å². The molecule has 0 aliphatic heterocycles. The molecule has 8 rings (SSSR count). The van der Waals surface area contributed by atoms with Crippen molar-refractivity contribution in [1.29, 1.82) is 0 Å². The van der Waals surface area contributed by atoms with Crippen molar-refractivity contribution < 1.29 is 41.7 Å². The van der Waals surface area contributed by atoms with Crippen molar-refractivity contribution in [3.63, 3.8) is 0 Å². The number of nitrogens with zero attached hydrogens (tertiary/aromatic N) is 4. The molecular formula is C50H51FN8O8S2. The van der Waals surface area contributed by atoms with Gasteiger partial charge in [0.1, 0.15) is 11.5 Å². The smallest absolute Gasteiger partial charge is 0.289 e. The van der Waals surface area contributed by atoms with Gasteiger partial charge in [0.15, 0.2) is 34.4 Å². The monoisotopic (exact) mass is 974 g/mol. The van der Waals surface area contributed by atoms with Gasteiger partial charge in [-0.2, -0.15) is 0 Å². The number of nitrogens with one attached hydrogen (secondary N) is 4. The second kappa shape index (κ2) is 27.6. The maximum atomic E-state index is 12.8. The predicted octanol–water partition coefficient (Wildman–Crippen LogP) is 10.4. The zero-order chi connectivity index (χ0) is 49.4. The Bertz CT molecular complexity index is 2810. The molecule has 16 nitrogen and oxygen atoms in total. The van der Waals surface area contributed by atoms with E-state index >= 15 is 0 Å². The zero-order valence-electron chi connectivity index (χ0n) is 38.1. The number of hydrogen-bond donors (Lipinski definition) is 4. The highest BCUT2D eigenvalue weighted by atomic mass is 32.1. The van der Waals surface area contributed by atoms with Gasteiger partial charge in [-0.05, 0) is 59.5 Å². The van der Waals surface area contributed by atoms with Crippen LogP contribution in [0.2, 0.25) is 0 Å². The molecular weight excluding hydrogens is 924 g/mol. The minimum atomic E-state index is -0.317. The van der Waals surface area contributed by atoms with Crippen molar-refractivity contribution >= 4 is 46.3 Å². The third-order valence-electron chi connectivity index (χ3n) is 8.99. The molecule has 0 fully saturated rings. The molecule has 2 aromatic carbocycles.